The maximum Gasteiger partial charge on any atom is 2.00 e. The molecule has 0 atom stereocenters. The van der Waals surface area contributed by atoms with Gasteiger partial charge in [0.15, 0.2) is 0 Å². The van der Waals surface area contributed by atoms with Gasteiger partial charge in [0.2, 0.25) is 0 Å². The van der Waals surface area contributed by atoms with Gasteiger partial charge in [0.25, 0.3) is 0 Å². The van der Waals surface area contributed by atoms with Crippen molar-refractivity contribution in [2.75, 3.05) is 0 Å². The molecule has 0 saturated carbocycles. The van der Waals surface area contributed by atoms with E-state index in [9.17, 15) is 0 Å². The molecular formula is C48H41B2ClMg. The number of hydrogen-bond donors (Lipinski definition) is 0. The Labute approximate surface area is 332 Å². The first-order chi connectivity index (χ1) is 24.8. The molecule has 0 aromatic heterocycles. The molecule has 0 unspecified atom stereocenters. The maximum absolute atomic E-state index is 2.26. The Hall–Kier alpha value is -5.05. The molecule has 0 N–H and O–H groups in total. The van der Waals surface area contributed by atoms with Gasteiger partial charge in [-0.15, -0.1) is 12.4 Å². The molecule has 0 nitrogen and oxygen atoms in total. The van der Waals surface area contributed by atoms with Crippen molar-refractivity contribution in [3.8, 4) is 0 Å². The summed E-state index contributed by atoms with van der Waals surface area (Å²) in [4.78, 5) is 0. The zero-order valence-electron chi connectivity index (χ0n) is 29.4. The second kappa shape index (κ2) is 18.4. The summed E-state index contributed by atoms with van der Waals surface area (Å²) >= 11 is 0. The minimum Gasteiger partial charge on any atom is -0.195 e. The summed E-state index contributed by atoms with van der Waals surface area (Å²) in [5.41, 5.74) is 10.7. The number of halogens is 1. The Morgan fingerprint density at radius 3 is 0.365 bits per heavy atom. The van der Waals surface area contributed by atoms with E-state index in [1.807, 2.05) is 0 Å². The molecule has 0 radical (unpaired) electrons. The van der Waals surface area contributed by atoms with Crippen molar-refractivity contribution in [2.24, 2.45) is 0 Å². The van der Waals surface area contributed by atoms with E-state index in [0.717, 1.165) is 0 Å². The van der Waals surface area contributed by atoms with Crippen molar-refractivity contribution < 1.29 is 0 Å². The molecule has 52 heavy (non-hydrogen) atoms. The second-order valence-corrected chi connectivity index (χ2v) is 13.0. The predicted octanol–water partition coefficient (Wildman–Crippen LogP) is 6.17. The van der Waals surface area contributed by atoms with E-state index in [4.69, 9.17) is 0 Å². The van der Waals surface area contributed by atoms with E-state index in [1.54, 1.807) is 0 Å². The largest absolute Gasteiger partial charge is 2.00 e. The fourth-order valence-corrected chi connectivity index (χ4v) is 8.24. The van der Waals surface area contributed by atoms with Crippen LogP contribution in [0.15, 0.2) is 243 Å². The SMILES string of the molecule is Cl.[Mg+2].c1ccc([B-](c2ccccc2)(c2ccccc2)c2ccccc2)cc1.c1ccc([B-](c2ccccc2)(c2ccccc2)c2ccccc2)cc1. The number of benzene rings is 8. The van der Waals surface area contributed by atoms with Gasteiger partial charge in [-0.25, -0.2) is 0 Å². The third-order valence-electron chi connectivity index (χ3n) is 10.4. The van der Waals surface area contributed by atoms with Crippen LogP contribution in [0.25, 0.3) is 0 Å². The average Bonchev–Trinajstić information content (AvgIpc) is 3.22. The summed E-state index contributed by atoms with van der Waals surface area (Å²) in [5.74, 6) is 0. The standard InChI is InChI=1S/2C24H20B.ClH.Mg/c2*1-5-13-21(14-6-1)25(22-15-7-2-8-16-22,23-17-9-3-10-18-23)24-19-11-4-12-20-24;;/h2*1-20H;1H;/q2*-1;;+2. The summed E-state index contributed by atoms with van der Waals surface area (Å²) < 4.78 is 0. The summed E-state index contributed by atoms with van der Waals surface area (Å²) in [6, 6.07) is 87.1. The van der Waals surface area contributed by atoms with E-state index >= 15 is 0 Å². The van der Waals surface area contributed by atoms with Crippen LogP contribution in [-0.2, 0) is 0 Å². The molecule has 0 aliphatic rings. The topological polar surface area (TPSA) is 0 Å². The molecule has 8 rings (SSSR count). The van der Waals surface area contributed by atoms with Crippen molar-refractivity contribution >= 4 is 91.5 Å². The fourth-order valence-electron chi connectivity index (χ4n) is 8.24. The molecule has 0 bridgehead atoms. The Kier molecular flexibility index (Phi) is 13.5. The van der Waals surface area contributed by atoms with Gasteiger partial charge < -0.3 is 0 Å². The van der Waals surface area contributed by atoms with Gasteiger partial charge in [-0.3, -0.25) is 0 Å². The van der Waals surface area contributed by atoms with Gasteiger partial charge in [-0.05, 0) is 0 Å². The molecular weight excluding hydrogens is 658 g/mol. The first kappa shape index (κ1) is 38.2. The van der Waals surface area contributed by atoms with Gasteiger partial charge in [0.1, 0.15) is 12.3 Å². The van der Waals surface area contributed by atoms with E-state index < -0.39 is 12.3 Å². The van der Waals surface area contributed by atoms with Gasteiger partial charge in [0.05, 0.1) is 0 Å². The number of rotatable bonds is 8. The molecule has 4 heteroatoms. The zero-order chi connectivity index (χ0) is 33.9. The molecule has 0 amide bonds. The summed E-state index contributed by atoms with van der Waals surface area (Å²) in [7, 11) is 0. The monoisotopic (exact) mass is 698 g/mol. The maximum atomic E-state index is 2.26. The molecule has 0 fully saturated rings. The second-order valence-electron chi connectivity index (χ2n) is 13.0. The van der Waals surface area contributed by atoms with Crippen molar-refractivity contribution in [1.29, 1.82) is 0 Å². The summed E-state index contributed by atoms with van der Waals surface area (Å²) in [5, 5.41) is 0. The molecule has 0 spiro atoms. The molecule has 8 aromatic rings. The normalized spacial score (nSPS) is 10.8. The summed E-state index contributed by atoms with van der Waals surface area (Å²) in [6.45, 7) is 0. The third kappa shape index (κ3) is 7.59. The van der Waals surface area contributed by atoms with Gasteiger partial charge in [0, 0.05) is 0 Å². The minimum absolute atomic E-state index is 0. The molecule has 8 aromatic carbocycles. The molecule has 248 valence electrons. The Morgan fingerprint density at radius 1 is 0.173 bits per heavy atom. The van der Waals surface area contributed by atoms with Crippen LogP contribution in [-0.4, -0.2) is 35.3 Å². The summed E-state index contributed by atoms with van der Waals surface area (Å²) in [6.07, 6.45) is -2.43. The zero-order valence-corrected chi connectivity index (χ0v) is 31.6. The predicted molar refractivity (Wildman–Crippen MR) is 233 cm³/mol. The quantitative estimate of drug-likeness (QED) is 0.167. The molecule has 0 aliphatic carbocycles. The van der Waals surface area contributed by atoms with Crippen LogP contribution in [0, 0.1) is 0 Å². The van der Waals surface area contributed by atoms with Crippen LogP contribution in [0.2, 0.25) is 0 Å². The molecule has 0 aliphatic heterocycles. The van der Waals surface area contributed by atoms with Gasteiger partial charge >= 0.3 is 23.1 Å². The van der Waals surface area contributed by atoms with Crippen LogP contribution in [0.3, 0.4) is 0 Å². The molecule has 0 saturated heterocycles. The van der Waals surface area contributed by atoms with Crippen molar-refractivity contribution in [3.05, 3.63) is 243 Å². The fraction of sp³-hybridized carbons (Fsp3) is 0. The number of hydrogen-bond acceptors (Lipinski definition) is 0. The van der Waals surface area contributed by atoms with Crippen LogP contribution < -0.4 is 43.7 Å². The van der Waals surface area contributed by atoms with Crippen LogP contribution in [0.4, 0.5) is 0 Å². The third-order valence-corrected chi connectivity index (χ3v) is 10.4. The molecule has 0 heterocycles. The first-order valence-electron chi connectivity index (χ1n) is 17.6. The van der Waals surface area contributed by atoms with E-state index in [-0.39, 0.29) is 35.5 Å². The Balaban J connectivity index is 0.000000194. The van der Waals surface area contributed by atoms with Crippen molar-refractivity contribution in [1.82, 2.24) is 0 Å². The Bertz CT molecular complexity index is 1680. The average molecular weight is 699 g/mol. The van der Waals surface area contributed by atoms with Crippen LogP contribution in [0.1, 0.15) is 0 Å². The van der Waals surface area contributed by atoms with E-state index in [1.165, 1.54) is 43.7 Å². The van der Waals surface area contributed by atoms with Crippen LogP contribution >= 0.6 is 12.4 Å². The van der Waals surface area contributed by atoms with Gasteiger partial charge in [-0.2, -0.15) is 43.7 Å². The minimum atomic E-state index is -1.22. The van der Waals surface area contributed by atoms with Gasteiger partial charge in [-0.1, -0.05) is 243 Å². The smallest absolute Gasteiger partial charge is 0.195 e. The Morgan fingerprint density at radius 2 is 0.269 bits per heavy atom. The van der Waals surface area contributed by atoms with E-state index in [2.05, 4.69) is 243 Å². The van der Waals surface area contributed by atoms with Crippen LogP contribution in [0.5, 0.6) is 0 Å². The first-order valence-corrected chi connectivity index (χ1v) is 17.6. The van der Waals surface area contributed by atoms with Crippen molar-refractivity contribution in [2.45, 2.75) is 0 Å². The van der Waals surface area contributed by atoms with E-state index in [0.29, 0.717) is 0 Å². The van der Waals surface area contributed by atoms with Crippen molar-refractivity contribution in [3.63, 3.8) is 0 Å².